The first kappa shape index (κ1) is 11.0. The van der Waals surface area contributed by atoms with E-state index < -0.39 is 0 Å². The van der Waals surface area contributed by atoms with Crippen LogP contribution < -0.4 is 0 Å². The molecule has 0 aromatic carbocycles. The first-order valence-corrected chi connectivity index (χ1v) is 6.10. The van der Waals surface area contributed by atoms with Gasteiger partial charge in [-0.15, -0.1) is 11.3 Å². The topological polar surface area (TPSA) is 20.3 Å². The van der Waals surface area contributed by atoms with E-state index in [0.29, 0.717) is 0 Å². The SMILES string of the molecule is CCCN(C)C(=O)c1csc(I)c1. The molecule has 0 aliphatic carbocycles. The molecule has 1 rings (SSSR count). The van der Waals surface area contributed by atoms with Crippen LogP contribution in [0.1, 0.15) is 23.7 Å². The summed E-state index contributed by atoms with van der Waals surface area (Å²) in [4.78, 5) is 13.4. The van der Waals surface area contributed by atoms with E-state index in [0.717, 1.165) is 21.4 Å². The summed E-state index contributed by atoms with van der Waals surface area (Å²) in [6.07, 6.45) is 1.00. The van der Waals surface area contributed by atoms with E-state index in [9.17, 15) is 4.79 Å². The van der Waals surface area contributed by atoms with E-state index in [-0.39, 0.29) is 5.91 Å². The lowest BCUT2D eigenvalue weighted by Crippen LogP contribution is -2.26. The highest BCUT2D eigenvalue weighted by Crippen LogP contribution is 2.17. The normalized spacial score (nSPS) is 10.1. The van der Waals surface area contributed by atoms with Crippen molar-refractivity contribution in [1.82, 2.24) is 4.90 Å². The van der Waals surface area contributed by atoms with E-state index in [1.165, 1.54) is 0 Å². The van der Waals surface area contributed by atoms with Crippen LogP contribution in [-0.4, -0.2) is 24.4 Å². The maximum Gasteiger partial charge on any atom is 0.254 e. The number of rotatable bonds is 3. The number of amides is 1. The molecule has 0 saturated heterocycles. The van der Waals surface area contributed by atoms with Crippen LogP contribution in [0.15, 0.2) is 11.4 Å². The van der Waals surface area contributed by atoms with Crippen molar-refractivity contribution < 1.29 is 4.79 Å². The third-order valence-corrected chi connectivity index (χ3v) is 3.51. The molecule has 13 heavy (non-hydrogen) atoms. The molecule has 0 radical (unpaired) electrons. The fourth-order valence-electron chi connectivity index (χ4n) is 1.08. The first-order valence-electron chi connectivity index (χ1n) is 4.14. The van der Waals surface area contributed by atoms with Crippen molar-refractivity contribution in [3.05, 3.63) is 19.9 Å². The summed E-state index contributed by atoms with van der Waals surface area (Å²) >= 11 is 3.83. The second-order valence-electron chi connectivity index (χ2n) is 2.87. The van der Waals surface area contributed by atoms with Crippen LogP contribution in [0, 0.1) is 2.88 Å². The van der Waals surface area contributed by atoms with Crippen molar-refractivity contribution in [2.24, 2.45) is 0 Å². The van der Waals surface area contributed by atoms with E-state index in [2.05, 4.69) is 29.5 Å². The number of hydrogen-bond donors (Lipinski definition) is 0. The van der Waals surface area contributed by atoms with Gasteiger partial charge < -0.3 is 4.90 Å². The number of halogens is 1. The third kappa shape index (κ3) is 2.95. The summed E-state index contributed by atoms with van der Waals surface area (Å²) in [6, 6.07) is 1.93. The molecule has 0 saturated carbocycles. The van der Waals surface area contributed by atoms with Crippen LogP contribution in [0.3, 0.4) is 0 Å². The summed E-state index contributed by atoms with van der Waals surface area (Å²) in [5.74, 6) is 0.126. The van der Waals surface area contributed by atoms with Gasteiger partial charge in [-0.2, -0.15) is 0 Å². The van der Waals surface area contributed by atoms with Gasteiger partial charge in [0.15, 0.2) is 0 Å². The predicted molar refractivity (Wildman–Crippen MR) is 64.3 cm³/mol. The van der Waals surface area contributed by atoms with Gasteiger partial charge in [0, 0.05) is 19.0 Å². The molecule has 2 nitrogen and oxygen atoms in total. The Morgan fingerprint density at radius 3 is 2.85 bits per heavy atom. The molecule has 0 aliphatic rings. The lowest BCUT2D eigenvalue weighted by atomic mass is 10.3. The fourth-order valence-corrected chi connectivity index (χ4v) is 2.40. The highest BCUT2D eigenvalue weighted by Gasteiger charge is 2.11. The standard InChI is InChI=1S/C9H12INOS/c1-3-4-11(2)9(12)7-5-8(10)13-6-7/h5-6H,3-4H2,1-2H3. The average molecular weight is 309 g/mol. The number of hydrogen-bond acceptors (Lipinski definition) is 2. The first-order chi connectivity index (χ1) is 6.15. The highest BCUT2D eigenvalue weighted by atomic mass is 127. The molecule has 0 spiro atoms. The summed E-state index contributed by atoms with van der Waals surface area (Å²) in [5.41, 5.74) is 0.811. The second kappa shape index (κ2) is 4.95. The predicted octanol–water partition coefficient (Wildman–Crippen LogP) is 2.83. The molecule has 1 amide bonds. The molecule has 1 heterocycles. The molecular weight excluding hydrogens is 297 g/mol. The van der Waals surface area contributed by atoms with E-state index in [1.807, 2.05) is 18.5 Å². The van der Waals surface area contributed by atoms with Gasteiger partial charge in [0.1, 0.15) is 0 Å². The Balaban J connectivity index is 2.67. The Morgan fingerprint density at radius 1 is 1.69 bits per heavy atom. The Hall–Kier alpha value is -0.100. The van der Waals surface area contributed by atoms with Crippen LogP contribution in [-0.2, 0) is 0 Å². The Labute approximate surface area is 96.1 Å². The van der Waals surface area contributed by atoms with E-state index in [4.69, 9.17) is 0 Å². The fraction of sp³-hybridized carbons (Fsp3) is 0.444. The highest BCUT2D eigenvalue weighted by molar-refractivity contribution is 14.1. The van der Waals surface area contributed by atoms with Gasteiger partial charge in [-0.3, -0.25) is 4.79 Å². The van der Waals surface area contributed by atoms with Crippen LogP contribution in [0.2, 0.25) is 0 Å². The van der Waals surface area contributed by atoms with Crippen molar-refractivity contribution in [3.8, 4) is 0 Å². The summed E-state index contributed by atoms with van der Waals surface area (Å²) < 4.78 is 1.16. The molecule has 0 aliphatic heterocycles. The minimum Gasteiger partial charge on any atom is -0.342 e. The van der Waals surface area contributed by atoms with Gasteiger partial charge in [-0.05, 0) is 35.1 Å². The van der Waals surface area contributed by atoms with Crippen molar-refractivity contribution in [3.63, 3.8) is 0 Å². The number of carbonyl (C=O) groups excluding carboxylic acids is 1. The third-order valence-electron chi connectivity index (χ3n) is 1.72. The molecule has 0 fully saturated rings. The number of thiophene rings is 1. The summed E-state index contributed by atoms with van der Waals surface area (Å²) in [5, 5.41) is 1.91. The number of carbonyl (C=O) groups is 1. The molecule has 0 atom stereocenters. The molecule has 4 heteroatoms. The van der Waals surface area contributed by atoms with Gasteiger partial charge >= 0.3 is 0 Å². The summed E-state index contributed by atoms with van der Waals surface area (Å²) in [6.45, 7) is 2.90. The van der Waals surface area contributed by atoms with Gasteiger partial charge in [0.2, 0.25) is 0 Å². The zero-order valence-electron chi connectivity index (χ0n) is 7.71. The van der Waals surface area contributed by atoms with Crippen LogP contribution >= 0.6 is 33.9 Å². The summed E-state index contributed by atoms with van der Waals surface area (Å²) in [7, 11) is 1.84. The lowest BCUT2D eigenvalue weighted by Gasteiger charge is -2.14. The van der Waals surface area contributed by atoms with Gasteiger partial charge in [0.05, 0.1) is 8.45 Å². The molecule has 1 aromatic rings. The Bertz CT molecular complexity index is 298. The molecule has 1 aromatic heterocycles. The molecule has 0 N–H and O–H groups in total. The van der Waals surface area contributed by atoms with Gasteiger partial charge in [-0.25, -0.2) is 0 Å². The molecule has 72 valence electrons. The van der Waals surface area contributed by atoms with Crippen molar-refractivity contribution in [2.45, 2.75) is 13.3 Å². The molecule has 0 unspecified atom stereocenters. The average Bonchev–Trinajstić information content (AvgIpc) is 2.51. The lowest BCUT2D eigenvalue weighted by molar-refractivity contribution is 0.0795. The van der Waals surface area contributed by atoms with E-state index in [1.54, 1.807) is 16.2 Å². The Kier molecular flexibility index (Phi) is 4.18. The zero-order valence-corrected chi connectivity index (χ0v) is 10.7. The minimum absolute atomic E-state index is 0.126. The van der Waals surface area contributed by atoms with Crippen molar-refractivity contribution in [1.29, 1.82) is 0 Å². The molecular formula is C9H12INOS. The number of nitrogens with zero attached hydrogens (tertiary/aromatic N) is 1. The monoisotopic (exact) mass is 309 g/mol. The van der Waals surface area contributed by atoms with Crippen molar-refractivity contribution in [2.75, 3.05) is 13.6 Å². The second-order valence-corrected chi connectivity index (χ2v) is 5.67. The maximum absolute atomic E-state index is 11.7. The van der Waals surface area contributed by atoms with Crippen LogP contribution in [0.5, 0.6) is 0 Å². The van der Waals surface area contributed by atoms with Crippen LogP contribution in [0.4, 0.5) is 0 Å². The molecule has 0 bridgehead atoms. The van der Waals surface area contributed by atoms with Crippen molar-refractivity contribution >= 4 is 39.8 Å². The van der Waals surface area contributed by atoms with E-state index >= 15 is 0 Å². The Morgan fingerprint density at radius 2 is 2.38 bits per heavy atom. The largest absolute Gasteiger partial charge is 0.342 e. The quantitative estimate of drug-likeness (QED) is 0.786. The van der Waals surface area contributed by atoms with Crippen LogP contribution in [0.25, 0.3) is 0 Å². The van der Waals surface area contributed by atoms with Gasteiger partial charge in [-0.1, -0.05) is 6.92 Å². The maximum atomic E-state index is 11.7. The zero-order chi connectivity index (χ0) is 9.84. The smallest absolute Gasteiger partial charge is 0.254 e. The minimum atomic E-state index is 0.126. The van der Waals surface area contributed by atoms with Gasteiger partial charge in [0.25, 0.3) is 5.91 Å².